The van der Waals surface area contributed by atoms with Crippen LogP contribution >= 0.6 is 0 Å². The summed E-state index contributed by atoms with van der Waals surface area (Å²) in [4.78, 5) is 0. The standard InChI is InChI=1S/C13H25N/c1-11(2)9-10-14-12(3)13-7-5-4-6-8-13/h12-14H,1,4-10H2,2-3H3/t12-/m0/s1. The Kier molecular flexibility index (Phi) is 5.24. The van der Waals surface area contributed by atoms with Gasteiger partial charge >= 0.3 is 0 Å². The molecule has 1 atom stereocenters. The molecule has 0 aromatic rings. The molecule has 0 spiro atoms. The normalized spacial score (nSPS) is 20.7. The van der Waals surface area contributed by atoms with E-state index in [1.165, 1.54) is 37.7 Å². The minimum atomic E-state index is 0.703. The molecule has 0 unspecified atom stereocenters. The number of hydrogen-bond acceptors (Lipinski definition) is 1. The van der Waals surface area contributed by atoms with E-state index in [1.54, 1.807) is 0 Å². The molecule has 1 fully saturated rings. The first-order valence-corrected chi connectivity index (χ1v) is 6.08. The van der Waals surface area contributed by atoms with Gasteiger partial charge < -0.3 is 5.32 Å². The molecular formula is C13H25N. The summed E-state index contributed by atoms with van der Waals surface area (Å²) in [5.74, 6) is 0.925. The Hall–Kier alpha value is -0.300. The highest BCUT2D eigenvalue weighted by Gasteiger charge is 2.18. The molecule has 1 N–H and O–H groups in total. The van der Waals surface area contributed by atoms with Crippen LogP contribution in [0.25, 0.3) is 0 Å². The first kappa shape index (κ1) is 11.8. The molecular weight excluding hydrogens is 170 g/mol. The van der Waals surface area contributed by atoms with E-state index in [2.05, 4.69) is 25.7 Å². The number of rotatable bonds is 5. The topological polar surface area (TPSA) is 12.0 Å². The fourth-order valence-corrected chi connectivity index (χ4v) is 2.31. The highest BCUT2D eigenvalue weighted by atomic mass is 14.9. The van der Waals surface area contributed by atoms with Crippen molar-refractivity contribution in [1.82, 2.24) is 5.32 Å². The number of hydrogen-bond donors (Lipinski definition) is 1. The van der Waals surface area contributed by atoms with Crippen molar-refractivity contribution in [2.45, 2.75) is 58.4 Å². The molecule has 1 saturated carbocycles. The molecule has 1 aliphatic rings. The van der Waals surface area contributed by atoms with Crippen molar-refractivity contribution in [2.75, 3.05) is 6.54 Å². The third-order valence-corrected chi connectivity index (χ3v) is 3.38. The second kappa shape index (κ2) is 6.23. The van der Waals surface area contributed by atoms with Gasteiger partial charge in [0.1, 0.15) is 0 Å². The summed E-state index contributed by atoms with van der Waals surface area (Å²) in [5, 5.41) is 3.62. The molecule has 0 radical (unpaired) electrons. The summed E-state index contributed by atoms with van der Waals surface area (Å²) >= 11 is 0. The highest BCUT2D eigenvalue weighted by molar-refractivity contribution is 4.89. The van der Waals surface area contributed by atoms with Crippen LogP contribution < -0.4 is 5.32 Å². The van der Waals surface area contributed by atoms with Gasteiger partial charge in [-0.25, -0.2) is 0 Å². The molecule has 0 bridgehead atoms. The summed E-state index contributed by atoms with van der Waals surface area (Å²) in [5.41, 5.74) is 1.29. The summed E-state index contributed by atoms with van der Waals surface area (Å²) < 4.78 is 0. The molecule has 1 nitrogen and oxygen atoms in total. The fraction of sp³-hybridized carbons (Fsp3) is 0.846. The summed E-state index contributed by atoms with van der Waals surface area (Å²) in [6.07, 6.45) is 8.32. The molecule has 1 heteroatoms. The van der Waals surface area contributed by atoms with Crippen molar-refractivity contribution < 1.29 is 0 Å². The average Bonchev–Trinajstić information content (AvgIpc) is 2.18. The summed E-state index contributed by atoms with van der Waals surface area (Å²) in [6, 6.07) is 0.703. The van der Waals surface area contributed by atoms with Crippen LogP contribution in [-0.4, -0.2) is 12.6 Å². The third-order valence-electron chi connectivity index (χ3n) is 3.38. The van der Waals surface area contributed by atoms with E-state index in [9.17, 15) is 0 Å². The lowest BCUT2D eigenvalue weighted by molar-refractivity contribution is 0.283. The Morgan fingerprint density at radius 1 is 1.36 bits per heavy atom. The van der Waals surface area contributed by atoms with Crippen molar-refractivity contribution in [1.29, 1.82) is 0 Å². The Balaban J connectivity index is 2.13. The maximum absolute atomic E-state index is 3.92. The first-order valence-electron chi connectivity index (χ1n) is 6.08. The Bertz CT molecular complexity index is 168. The van der Waals surface area contributed by atoms with Gasteiger partial charge in [0.25, 0.3) is 0 Å². The van der Waals surface area contributed by atoms with Gasteiger partial charge in [0.2, 0.25) is 0 Å². The SMILES string of the molecule is C=C(C)CCN[C@@H](C)C1CCCCC1. The maximum Gasteiger partial charge on any atom is 0.00671 e. The van der Waals surface area contributed by atoms with E-state index in [0.29, 0.717) is 6.04 Å². The first-order chi connectivity index (χ1) is 6.70. The van der Waals surface area contributed by atoms with E-state index in [0.717, 1.165) is 18.9 Å². The van der Waals surface area contributed by atoms with E-state index >= 15 is 0 Å². The molecule has 1 rings (SSSR count). The van der Waals surface area contributed by atoms with Crippen molar-refractivity contribution >= 4 is 0 Å². The van der Waals surface area contributed by atoms with E-state index in [1.807, 2.05) is 0 Å². The minimum Gasteiger partial charge on any atom is -0.314 e. The van der Waals surface area contributed by atoms with Crippen LogP contribution in [0.1, 0.15) is 52.4 Å². The molecule has 1 aliphatic carbocycles. The Morgan fingerprint density at radius 3 is 2.57 bits per heavy atom. The van der Waals surface area contributed by atoms with Crippen molar-refractivity contribution in [3.63, 3.8) is 0 Å². The fourth-order valence-electron chi connectivity index (χ4n) is 2.31. The summed E-state index contributed by atoms with van der Waals surface area (Å²) in [6.45, 7) is 9.47. The number of nitrogens with one attached hydrogen (secondary N) is 1. The van der Waals surface area contributed by atoms with Crippen LogP contribution in [0.3, 0.4) is 0 Å². The van der Waals surface area contributed by atoms with Crippen LogP contribution in [-0.2, 0) is 0 Å². The van der Waals surface area contributed by atoms with Gasteiger partial charge in [0.15, 0.2) is 0 Å². The van der Waals surface area contributed by atoms with Crippen LogP contribution in [0.2, 0.25) is 0 Å². The zero-order valence-corrected chi connectivity index (χ0v) is 9.81. The van der Waals surface area contributed by atoms with Gasteiger partial charge in [-0.05, 0) is 45.6 Å². The quantitative estimate of drug-likeness (QED) is 0.662. The monoisotopic (exact) mass is 195 g/mol. The van der Waals surface area contributed by atoms with Crippen LogP contribution in [0, 0.1) is 5.92 Å². The van der Waals surface area contributed by atoms with Crippen molar-refractivity contribution in [3.05, 3.63) is 12.2 Å². The summed E-state index contributed by atoms with van der Waals surface area (Å²) in [7, 11) is 0. The minimum absolute atomic E-state index is 0.703. The molecule has 0 amide bonds. The van der Waals surface area contributed by atoms with E-state index < -0.39 is 0 Å². The van der Waals surface area contributed by atoms with Crippen molar-refractivity contribution in [3.8, 4) is 0 Å². The van der Waals surface area contributed by atoms with Gasteiger partial charge in [0.05, 0.1) is 0 Å². The van der Waals surface area contributed by atoms with Gasteiger partial charge in [0, 0.05) is 6.04 Å². The lowest BCUT2D eigenvalue weighted by atomic mass is 9.84. The Morgan fingerprint density at radius 2 is 2.00 bits per heavy atom. The third kappa shape index (κ3) is 4.28. The van der Waals surface area contributed by atoms with Crippen LogP contribution in [0.15, 0.2) is 12.2 Å². The molecule has 0 saturated heterocycles. The van der Waals surface area contributed by atoms with E-state index in [4.69, 9.17) is 0 Å². The van der Waals surface area contributed by atoms with Gasteiger partial charge in [-0.1, -0.05) is 24.8 Å². The van der Waals surface area contributed by atoms with Crippen molar-refractivity contribution in [2.24, 2.45) is 5.92 Å². The van der Waals surface area contributed by atoms with Gasteiger partial charge in [-0.2, -0.15) is 0 Å². The zero-order valence-electron chi connectivity index (χ0n) is 9.81. The molecule has 0 aliphatic heterocycles. The lowest BCUT2D eigenvalue weighted by Gasteiger charge is -2.28. The van der Waals surface area contributed by atoms with Gasteiger partial charge in [-0.3, -0.25) is 0 Å². The maximum atomic E-state index is 3.92. The van der Waals surface area contributed by atoms with Crippen LogP contribution in [0.5, 0.6) is 0 Å². The second-order valence-electron chi connectivity index (χ2n) is 4.85. The molecule has 82 valence electrons. The highest BCUT2D eigenvalue weighted by Crippen LogP contribution is 2.26. The molecule has 0 aromatic heterocycles. The van der Waals surface area contributed by atoms with E-state index in [-0.39, 0.29) is 0 Å². The molecule has 14 heavy (non-hydrogen) atoms. The predicted octanol–water partition coefficient (Wildman–Crippen LogP) is 3.51. The lowest BCUT2D eigenvalue weighted by Crippen LogP contribution is -2.35. The second-order valence-corrected chi connectivity index (χ2v) is 4.85. The zero-order chi connectivity index (χ0) is 10.4. The molecule has 0 aromatic carbocycles. The Labute approximate surface area is 89.0 Å². The molecule has 0 heterocycles. The van der Waals surface area contributed by atoms with Gasteiger partial charge in [-0.15, -0.1) is 6.58 Å². The van der Waals surface area contributed by atoms with Crippen LogP contribution in [0.4, 0.5) is 0 Å². The predicted molar refractivity (Wildman–Crippen MR) is 63.5 cm³/mol. The smallest absolute Gasteiger partial charge is 0.00671 e. The largest absolute Gasteiger partial charge is 0.314 e. The average molecular weight is 195 g/mol.